The molecular weight excluding hydrogens is 376 g/mol. The zero-order valence-electron chi connectivity index (χ0n) is 17.0. The summed E-state index contributed by atoms with van der Waals surface area (Å²) in [6, 6.07) is 18.1. The number of nitrogens with zero attached hydrogens (tertiary/aromatic N) is 2. The molecule has 4 heteroatoms. The van der Waals surface area contributed by atoms with Gasteiger partial charge < -0.3 is 0 Å². The summed E-state index contributed by atoms with van der Waals surface area (Å²) < 4.78 is 0. The molecule has 0 atom stereocenters. The summed E-state index contributed by atoms with van der Waals surface area (Å²) in [5.41, 5.74) is 5.45. The predicted molar refractivity (Wildman–Crippen MR) is 120 cm³/mol. The van der Waals surface area contributed by atoms with Crippen LogP contribution in [0.15, 0.2) is 59.6 Å². The van der Waals surface area contributed by atoms with Crippen LogP contribution in [-0.4, -0.2) is 21.5 Å². The van der Waals surface area contributed by atoms with Crippen molar-refractivity contribution in [1.82, 2.24) is 9.97 Å². The van der Waals surface area contributed by atoms with E-state index >= 15 is 0 Å². The first-order valence-corrected chi connectivity index (χ1v) is 11.3. The summed E-state index contributed by atoms with van der Waals surface area (Å²) in [4.78, 5) is 22.5. The zero-order chi connectivity index (χ0) is 20.2. The topological polar surface area (TPSA) is 42.9 Å². The smallest absolute Gasteiger partial charge is 0.173 e. The standard InChI is InChI=1S/C25H26N2OS/c1-17(2)18-12-14-19(15-13-18)23(28)16-29-25-21-10-6-7-11-22(21)26-24(27-25)20-8-4-3-5-9-20/h3-5,8-9,12-15,17H,6-7,10-11,16H2,1-2H3. The van der Waals surface area contributed by atoms with Gasteiger partial charge in [0.1, 0.15) is 5.03 Å². The van der Waals surface area contributed by atoms with E-state index in [2.05, 4.69) is 26.0 Å². The van der Waals surface area contributed by atoms with Crippen LogP contribution in [0.25, 0.3) is 11.4 Å². The molecule has 0 radical (unpaired) electrons. The van der Waals surface area contributed by atoms with E-state index in [1.165, 1.54) is 24.0 Å². The number of ketones is 1. The largest absolute Gasteiger partial charge is 0.293 e. The van der Waals surface area contributed by atoms with Crippen molar-refractivity contribution in [3.8, 4) is 11.4 Å². The SMILES string of the molecule is CC(C)c1ccc(C(=O)CSc2nc(-c3ccccc3)nc3c2CCCC3)cc1. The minimum atomic E-state index is 0.148. The number of Topliss-reactive ketones (excluding diaryl/α,β-unsaturated/α-hetero) is 1. The Bertz CT molecular complexity index is 997. The van der Waals surface area contributed by atoms with Gasteiger partial charge in [0.15, 0.2) is 11.6 Å². The second-order valence-electron chi connectivity index (χ2n) is 7.84. The van der Waals surface area contributed by atoms with Gasteiger partial charge in [0, 0.05) is 22.4 Å². The molecule has 0 spiro atoms. The Balaban J connectivity index is 1.56. The molecule has 0 amide bonds. The average molecular weight is 403 g/mol. The van der Waals surface area contributed by atoms with E-state index in [-0.39, 0.29) is 5.78 Å². The molecular formula is C25H26N2OS. The first-order valence-electron chi connectivity index (χ1n) is 10.3. The molecule has 0 saturated carbocycles. The Labute approximate surface area is 177 Å². The minimum Gasteiger partial charge on any atom is -0.293 e. The fraction of sp³-hybridized carbons (Fsp3) is 0.320. The molecule has 1 heterocycles. The zero-order valence-corrected chi connectivity index (χ0v) is 17.8. The number of fused-ring (bicyclic) bond motifs is 1. The Hall–Kier alpha value is -2.46. The summed E-state index contributed by atoms with van der Waals surface area (Å²) in [6.45, 7) is 4.32. The molecule has 3 aromatic rings. The number of aromatic nitrogens is 2. The normalized spacial score (nSPS) is 13.3. The third kappa shape index (κ3) is 4.59. The summed E-state index contributed by atoms with van der Waals surface area (Å²) in [7, 11) is 0. The molecule has 0 unspecified atom stereocenters. The van der Waals surface area contributed by atoms with E-state index in [1.54, 1.807) is 11.8 Å². The third-order valence-corrected chi connectivity index (χ3v) is 6.43. The monoisotopic (exact) mass is 402 g/mol. The van der Waals surface area contributed by atoms with Gasteiger partial charge in [-0.3, -0.25) is 4.79 Å². The van der Waals surface area contributed by atoms with E-state index in [1.807, 2.05) is 42.5 Å². The number of carbonyl (C=O) groups excluding carboxylic acids is 1. The van der Waals surface area contributed by atoms with E-state index in [0.717, 1.165) is 40.5 Å². The van der Waals surface area contributed by atoms with Crippen LogP contribution in [0.3, 0.4) is 0 Å². The maximum Gasteiger partial charge on any atom is 0.173 e. The van der Waals surface area contributed by atoms with E-state index < -0.39 is 0 Å². The van der Waals surface area contributed by atoms with Crippen LogP contribution in [0.4, 0.5) is 0 Å². The first-order chi connectivity index (χ1) is 14.1. The molecule has 1 aromatic heterocycles. The van der Waals surface area contributed by atoms with E-state index in [0.29, 0.717) is 11.7 Å². The molecule has 0 saturated heterocycles. The minimum absolute atomic E-state index is 0.148. The quantitative estimate of drug-likeness (QED) is 0.283. The van der Waals surface area contributed by atoms with E-state index in [9.17, 15) is 4.79 Å². The van der Waals surface area contributed by atoms with Crippen molar-refractivity contribution in [2.45, 2.75) is 50.5 Å². The van der Waals surface area contributed by atoms with Gasteiger partial charge in [-0.2, -0.15) is 0 Å². The number of benzene rings is 2. The maximum atomic E-state index is 12.8. The van der Waals surface area contributed by atoms with Crippen molar-refractivity contribution in [1.29, 1.82) is 0 Å². The van der Waals surface area contributed by atoms with Gasteiger partial charge in [-0.1, -0.05) is 80.2 Å². The summed E-state index contributed by atoms with van der Waals surface area (Å²) in [5.74, 6) is 1.79. The molecule has 29 heavy (non-hydrogen) atoms. The highest BCUT2D eigenvalue weighted by molar-refractivity contribution is 8.00. The summed E-state index contributed by atoms with van der Waals surface area (Å²) >= 11 is 1.56. The molecule has 2 aromatic carbocycles. The van der Waals surface area contributed by atoms with Crippen LogP contribution < -0.4 is 0 Å². The van der Waals surface area contributed by atoms with Crippen LogP contribution in [0.1, 0.15) is 59.8 Å². The number of aryl methyl sites for hydroxylation is 1. The second kappa shape index (κ2) is 8.91. The van der Waals surface area contributed by atoms with Crippen LogP contribution >= 0.6 is 11.8 Å². The van der Waals surface area contributed by atoms with Gasteiger partial charge in [0.25, 0.3) is 0 Å². The third-order valence-electron chi connectivity index (χ3n) is 5.42. The van der Waals surface area contributed by atoms with Crippen LogP contribution in [0.2, 0.25) is 0 Å². The first kappa shape index (κ1) is 19.8. The molecule has 0 N–H and O–H groups in total. The fourth-order valence-corrected chi connectivity index (χ4v) is 4.65. The van der Waals surface area contributed by atoms with Crippen molar-refractivity contribution in [2.24, 2.45) is 0 Å². The van der Waals surface area contributed by atoms with Crippen molar-refractivity contribution < 1.29 is 4.79 Å². The number of hydrogen-bond donors (Lipinski definition) is 0. The lowest BCUT2D eigenvalue weighted by molar-refractivity contribution is 0.102. The molecule has 1 aliphatic carbocycles. The molecule has 0 fully saturated rings. The van der Waals surface area contributed by atoms with Gasteiger partial charge in [0.05, 0.1) is 5.75 Å². The lowest BCUT2D eigenvalue weighted by atomic mass is 9.97. The molecule has 0 bridgehead atoms. The number of hydrogen-bond acceptors (Lipinski definition) is 4. The molecule has 3 nitrogen and oxygen atoms in total. The average Bonchev–Trinajstić information content (AvgIpc) is 2.77. The Kier molecular flexibility index (Phi) is 6.10. The second-order valence-corrected chi connectivity index (χ2v) is 8.80. The lowest BCUT2D eigenvalue weighted by Crippen LogP contribution is -2.11. The predicted octanol–water partition coefficient (Wildman–Crippen LogP) is 6.12. The summed E-state index contributed by atoms with van der Waals surface area (Å²) in [6.07, 6.45) is 4.34. The van der Waals surface area contributed by atoms with Crippen LogP contribution in [0.5, 0.6) is 0 Å². The van der Waals surface area contributed by atoms with Gasteiger partial charge in [-0.15, -0.1) is 0 Å². The molecule has 4 rings (SSSR count). The van der Waals surface area contributed by atoms with Gasteiger partial charge in [0.2, 0.25) is 0 Å². The van der Waals surface area contributed by atoms with Gasteiger partial charge in [-0.25, -0.2) is 9.97 Å². The van der Waals surface area contributed by atoms with Crippen molar-refractivity contribution in [2.75, 3.05) is 5.75 Å². The molecule has 1 aliphatic rings. The number of rotatable bonds is 6. The van der Waals surface area contributed by atoms with Crippen LogP contribution in [-0.2, 0) is 12.8 Å². The maximum absolute atomic E-state index is 12.8. The Morgan fingerprint density at radius 3 is 2.41 bits per heavy atom. The molecule has 148 valence electrons. The lowest BCUT2D eigenvalue weighted by Gasteiger charge is -2.19. The highest BCUT2D eigenvalue weighted by Crippen LogP contribution is 2.31. The molecule has 0 aliphatic heterocycles. The van der Waals surface area contributed by atoms with Gasteiger partial charge >= 0.3 is 0 Å². The van der Waals surface area contributed by atoms with Crippen LogP contribution in [0, 0.1) is 0 Å². The fourth-order valence-electron chi connectivity index (χ4n) is 3.67. The number of thioether (sulfide) groups is 1. The highest BCUT2D eigenvalue weighted by atomic mass is 32.2. The van der Waals surface area contributed by atoms with Crippen molar-refractivity contribution in [3.05, 3.63) is 77.0 Å². The summed E-state index contributed by atoms with van der Waals surface area (Å²) in [5, 5.41) is 0.973. The van der Waals surface area contributed by atoms with Gasteiger partial charge in [-0.05, 0) is 37.2 Å². The number of carbonyl (C=O) groups is 1. The van der Waals surface area contributed by atoms with Crippen molar-refractivity contribution in [3.63, 3.8) is 0 Å². The highest BCUT2D eigenvalue weighted by Gasteiger charge is 2.20. The van der Waals surface area contributed by atoms with Crippen molar-refractivity contribution >= 4 is 17.5 Å². The Morgan fingerprint density at radius 2 is 1.69 bits per heavy atom. The Morgan fingerprint density at radius 1 is 0.966 bits per heavy atom. The van der Waals surface area contributed by atoms with E-state index in [4.69, 9.17) is 9.97 Å².